The number of pyridine rings is 1. The van der Waals surface area contributed by atoms with Gasteiger partial charge < -0.3 is 19.9 Å². The van der Waals surface area contributed by atoms with Crippen LogP contribution >= 0.6 is 23.6 Å². The van der Waals surface area contributed by atoms with Crippen molar-refractivity contribution in [2.75, 3.05) is 36.1 Å². The molecule has 184 valence electrons. The normalized spacial score (nSPS) is 20.1. The van der Waals surface area contributed by atoms with Gasteiger partial charge in [-0.1, -0.05) is 6.07 Å². The number of thiocarbonyl (C=S) groups is 1. The van der Waals surface area contributed by atoms with Crippen molar-refractivity contribution >= 4 is 40.0 Å². The number of ether oxygens (including phenoxy) is 1. The molecule has 0 bridgehead atoms. The molecule has 2 aliphatic heterocycles. The van der Waals surface area contributed by atoms with Gasteiger partial charge in [0.1, 0.15) is 0 Å². The molecule has 0 radical (unpaired) electrons. The lowest BCUT2D eigenvalue weighted by atomic mass is 9.96. The third kappa shape index (κ3) is 4.07. The van der Waals surface area contributed by atoms with Crippen molar-refractivity contribution in [1.29, 1.82) is 0 Å². The second kappa shape index (κ2) is 9.65. The van der Waals surface area contributed by atoms with Crippen LogP contribution in [0.15, 0.2) is 66.3 Å². The van der Waals surface area contributed by atoms with Crippen LogP contribution in [0.25, 0.3) is 5.13 Å². The second-order valence-electron chi connectivity index (χ2n) is 9.09. The first kappa shape index (κ1) is 23.1. The number of hydrogen-bond donors (Lipinski definition) is 1. The van der Waals surface area contributed by atoms with Gasteiger partial charge in [0.15, 0.2) is 10.2 Å². The SMILES string of the molecule is Cc1cc([C@H]2[C@@H](c3ccccn3)NC(=S)N2c2ccc(N3CCOCC3)cc2)c(C)n1-c1nccs1. The van der Waals surface area contributed by atoms with Crippen LogP contribution < -0.4 is 15.1 Å². The molecule has 0 saturated carbocycles. The van der Waals surface area contributed by atoms with E-state index >= 15 is 0 Å². The van der Waals surface area contributed by atoms with Gasteiger partial charge in [0, 0.05) is 53.6 Å². The number of nitrogens with zero attached hydrogens (tertiary/aromatic N) is 5. The van der Waals surface area contributed by atoms with E-state index in [0.717, 1.165) is 54.2 Å². The topological polar surface area (TPSA) is 58.5 Å². The zero-order chi connectivity index (χ0) is 24.6. The summed E-state index contributed by atoms with van der Waals surface area (Å²) in [5.41, 5.74) is 6.76. The summed E-state index contributed by atoms with van der Waals surface area (Å²) in [6, 6.07) is 16.9. The molecule has 7 nitrogen and oxygen atoms in total. The Morgan fingerprint density at radius 2 is 1.78 bits per heavy atom. The molecule has 5 heterocycles. The van der Waals surface area contributed by atoms with Gasteiger partial charge in [-0.15, -0.1) is 11.3 Å². The minimum atomic E-state index is -0.0807. The summed E-state index contributed by atoms with van der Waals surface area (Å²) in [5, 5.41) is 7.27. The fourth-order valence-electron chi connectivity index (χ4n) is 5.30. The Labute approximate surface area is 220 Å². The van der Waals surface area contributed by atoms with Crippen molar-refractivity contribution in [3.8, 4) is 5.13 Å². The first-order valence-electron chi connectivity index (χ1n) is 12.1. The fraction of sp³-hybridized carbons (Fsp3) is 0.296. The van der Waals surface area contributed by atoms with E-state index in [-0.39, 0.29) is 12.1 Å². The van der Waals surface area contributed by atoms with E-state index in [2.05, 4.69) is 74.9 Å². The van der Waals surface area contributed by atoms with E-state index in [1.807, 2.05) is 29.9 Å². The average Bonchev–Trinajstić information content (AvgIpc) is 3.63. The second-order valence-corrected chi connectivity index (χ2v) is 10.3. The molecule has 2 atom stereocenters. The molecule has 36 heavy (non-hydrogen) atoms. The summed E-state index contributed by atoms with van der Waals surface area (Å²) >= 11 is 7.58. The van der Waals surface area contributed by atoms with Crippen molar-refractivity contribution in [2.24, 2.45) is 0 Å². The van der Waals surface area contributed by atoms with Crippen LogP contribution in [0, 0.1) is 13.8 Å². The largest absolute Gasteiger partial charge is 0.378 e. The van der Waals surface area contributed by atoms with Crippen LogP contribution in [0.1, 0.15) is 34.7 Å². The third-order valence-corrected chi connectivity index (χ3v) is 8.07. The Bertz CT molecular complexity index is 1350. The predicted molar refractivity (Wildman–Crippen MR) is 148 cm³/mol. The van der Waals surface area contributed by atoms with E-state index in [1.54, 1.807) is 11.3 Å². The van der Waals surface area contributed by atoms with Crippen LogP contribution in [0.5, 0.6) is 0 Å². The highest BCUT2D eigenvalue weighted by Crippen LogP contribution is 2.44. The van der Waals surface area contributed by atoms with E-state index in [1.165, 1.54) is 11.3 Å². The van der Waals surface area contributed by atoms with Crippen molar-refractivity contribution < 1.29 is 4.74 Å². The zero-order valence-corrected chi connectivity index (χ0v) is 21.9. The van der Waals surface area contributed by atoms with Gasteiger partial charge in [-0.25, -0.2) is 4.98 Å². The molecule has 0 amide bonds. The standard InChI is InChI=1S/C27H28N6OS2/c1-18-17-22(19(2)32(18)27-29-11-16-36-27)25-24(23-5-3-4-10-28-23)30-26(35)33(25)21-8-6-20(7-9-21)31-12-14-34-15-13-31/h3-11,16-17,24-25H,12-15H2,1-2H3,(H,30,35)/t24-,25+/m1/s1. The molecule has 4 aromatic rings. The van der Waals surface area contributed by atoms with Crippen LogP contribution in [-0.2, 0) is 4.74 Å². The number of aryl methyl sites for hydroxylation is 1. The van der Waals surface area contributed by atoms with Gasteiger partial charge >= 0.3 is 0 Å². The molecule has 2 fully saturated rings. The Morgan fingerprint density at radius 3 is 2.47 bits per heavy atom. The van der Waals surface area contributed by atoms with E-state index < -0.39 is 0 Å². The molecule has 0 unspecified atom stereocenters. The summed E-state index contributed by atoms with van der Waals surface area (Å²) in [5.74, 6) is 0. The summed E-state index contributed by atoms with van der Waals surface area (Å²) in [6.45, 7) is 7.66. The Morgan fingerprint density at radius 1 is 1.00 bits per heavy atom. The van der Waals surface area contributed by atoms with Gasteiger partial charge in [-0.2, -0.15) is 0 Å². The predicted octanol–water partition coefficient (Wildman–Crippen LogP) is 4.96. The highest BCUT2D eigenvalue weighted by atomic mass is 32.1. The molecule has 0 aliphatic carbocycles. The molecule has 9 heteroatoms. The number of nitrogens with one attached hydrogen (secondary N) is 1. The van der Waals surface area contributed by atoms with Gasteiger partial charge in [-0.3, -0.25) is 9.55 Å². The molecule has 2 aliphatic rings. The Balaban J connectivity index is 1.43. The lowest BCUT2D eigenvalue weighted by Gasteiger charge is -2.31. The van der Waals surface area contributed by atoms with Gasteiger partial charge in [0.05, 0.1) is 31.0 Å². The fourth-order valence-corrected chi connectivity index (χ4v) is 6.40. The average molecular weight is 517 g/mol. The summed E-state index contributed by atoms with van der Waals surface area (Å²) in [6.07, 6.45) is 3.69. The number of aromatic nitrogens is 3. The number of benzene rings is 1. The smallest absolute Gasteiger partial charge is 0.193 e. The number of thiazole rings is 1. The minimum Gasteiger partial charge on any atom is -0.378 e. The van der Waals surface area contributed by atoms with Crippen LogP contribution in [0.4, 0.5) is 11.4 Å². The minimum absolute atomic E-state index is 0.0541. The van der Waals surface area contributed by atoms with Crippen LogP contribution in [0.3, 0.4) is 0 Å². The first-order valence-corrected chi connectivity index (χ1v) is 13.4. The van der Waals surface area contributed by atoms with Crippen LogP contribution in [0.2, 0.25) is 0 Å². The Kier molecular flexibility index (Phi) is 6.20. The molecule has 3 aromatic heterocycles. The quantitative estimate of drug-likeness (QED) is 0.376. The van der Waals surface area contributed by atoms with E-state index in [0.29, 0.717) is 5.11 Å². The summed E-state index contributed by atoms with van der Waals surface area (Å²) < 4.78 is 7.75. The molecular formula is C27H28N6OS2. The maximum Gasteiger partial charge on any atom is 0.193 e. The molecule has 6 rings (SSSR count). The number of morpholine rings is 1. The molecular weight excluding hydrogens is 488 g/mol. The highest BCUT2D eigenvalue weighted by molar-refractivity contribution is 7.80. The lowest BCUT2D eigenvalue weighted by molar-refractivity contribution is 0.122. The van der Waals surface area contributed by atoms with Crippen molar-refractivity contribution in [3.05, 3.63) is 88.9 Å². The number of anilines is 2. The maximum absolute atomic E-state index is 5.94. The molecule has 1 aromatic carbocycles. The first-order chi connectivity index (χ1) is 17.6. The van der Waals surface area contributed by atoms with E-state index in [4.69, 9.17) is 21.9 Å². The number of rotatable bonds is 5. The van der Waals surface area contributed by atoms with Crippen molar-refractivity contribution in [3.63, 3.8) is 0 Å². The number of hydrogen-bond acceptors (Lipinski definition) is 6. The summed E-state index contributed by atoms with van der Waals surface area (Å²) in [4.78, 5) is 13.9. The zero-order valence-electron chi connectivity index (χ0n) is 20.3. The van der Waals surface area contributed by atoms with Crippen molar-refractivity contribution in [1.82, 2.24) is 19.9 Å². The Hall–Kier alpha value is -3.27. The molecule has 1 N–H and O–H groups in total. The monoisotopic (exact) mass is 516 g/mol. The van der Waals surface area contributed by atoms with Gasteiger partial charge in [-0.05, 0) is 74.1 Å². The molecule has 2 saturated heterocycles. The van der Waals surface area contributed by atoms with E-state index in [9.17, 15) is 0 Å². The summed E-state index contributed by atoms with van der Waals surface area (Å²) in [7, 11) is 0. The van der Waals surface area contributed by atoms with Crippen molar-refractivity contribution in [2.45, 2.75) is 25.9 Å². The lowest BCUT2D eigenvalue weighted by Crippen LogP contribution is -2.36. The van der Waals surface area contributed by atoms with Gasteiger partial charge in [0.25, 0.3) is 0 Å². The highest BCUT2D eigenvalue weighted by Gasteiger charge is 2.42. The van der Waals surface area contributed by atoms with Gasteiger partial charge in [0.2, 0.25) is 0 Å². The maximum atomic E-state index is 5.94. The molecule has 0 spiro atoms. The van der Waals surface area contributed by atoms with Crippen LogP contribution in [-0.4, -0.2) is 46.0 Å². The third-order valence-electron chi connectivity index (χ3n) is 7.00.